The van der Waals surface area contributed by atoms with Gasteiger partial charge < -0.3 is 9.84 Å². The van der Waals surface area contributed by atoms with Crippen LogP contribution in [-0.4, -0.2) is 33.0 Å². The van der Waals surface area contributed by atoms with Crippen LogP contribution in [0.3, 0.4) is 0 Å². The van der Waals surface area contributed by atoms with E-state index in [4.69, 9.17) is 9.84 Å². The molecule has 0 spiro atoms. The summed E-state index contributed by atoms with van der Waals surface area (Å²) in [6.07, 6.45) is 0.789. The summed E-state index contributed by atoms with van der Waals surface area (Å²) < 4.78 is 43.5. The van der Waals surface area contributed by atoms with Crippen molar-refractivity contribution in [2.24, 2.45) is 0 Å². The number of methoxy groups -OCH3 is 1. The first-order valence-corrected chi connectivity index (χ1v) is 7.08. The van der Waals surface area contributed by atoms with Gasteiger partial charge in [-0.1, -0.05) is 0 Å². The molecule has 0 saturated carbocycles. The van der Waals surface area contributed by atoms with Gasteiger partial charge in [0.2, 0.25) is 10.0 Å². The van der Waals surface area contributed by atoms with E-state index in [0.717, 1.165) is 6.07 Å². The molecule has 0 aliphatic rings. The Kier molecular flexibility index (Phi) is 5.36. The van der Waals surface area contributed by atoms with E-state index in [0.29, 0.717) is 12.8 Å². The molecule has 1 rings (SSSR count). The van der Waals surface area contributed by atoms with Gasteiger partial charge >= 0.3 is 0 Å². The largest absolute Gasteiger partial charge is 0.494 e. The predicted molar refractivity (Wildman–Crippen MR) is 66.7 cm³/mol. The van der Waals surface area contributed by atoms with E-state index < -0.39 is 15.8 Å². The number of aliphatic hydroxyl groups is 1. The molecule has 18 heavy (non-hydrogen) atoms. The Morgan fingerprint density at radius 2 is 2.11 bits per heavy atom. The predicted octanol–water partition coefficient (Wildman–Crippen LogP) is 1.35. The third kappa shape index (κ3) is 4.50. The molecule has 7 heteroatoms. The first-order chi connectivity index (χ1) is 8.48. The van der Waals surface area contributed by atoms with E-state index in [1.54, 1.807) is 0 Å². The average molecular weight is 277 g/mol. The number of hydrogen-bond donors (Lipinski definition) is 2. The Morgan fingerprint density at radius 1 is 1.39 bits per heavy atom. The third-order valence-electron chi connectivity index (χ3n) is 2.25. The molecule has 0 fully saturated rings. The fraction of sp³-hybridized carbons (Fsp3) is 0.455. The molecule has 0 aromatic heterocycles. The minimum atomic E-state index is -3.48. The number of aliphatic hydroxyl groups excluding tert-OH is 1. The number of anilines is 1. The summed E-state index contributed by atoms with van der Waals surface area (Å²) in [6.45, 7) is -0.0418. The second kappa shape index (κ2) is 6.55. The Balaban J connectivity index is 2.72. The highest BCUT2D eigenvalue weighted by molar-refractivity contribution is 7.92. The maximum atomic E-state index is 13.1. The fourth-order valence-corrected chi connectivity index (χ4v) is 2.53. The number of nitrogens with one attached hydrogen (secondary N) is 1. The van der Waals surface area contributed by atoms with Crippen LogP contribution in [0.25, 0.3) is 0 Å². The maximum Gasteiger partial charge on any atom is 0.232 e. The van der Waals surface area contributed by atoms with Crippen molar-refractivity contribution in [3.05, 3.63) is 24.0 Å². The third-order valence-corrected chi connectivity index (χ3v) is 3.62. The van der Waals surface area contributed by atoms with Crippen molar-refractivity contribution in [1.82, 2.24) is 0 Å². The minimum absolute atomic E-state index is 0.0226. The van der Waals surface area contributed by atoms with Crippen molar-refractivity contribution in [3.8, 4) is 5.75 Å². The molecule has 1 aromatic carbocycles. The summed E-state index contributed by atoms with van der Waals surface area (Å²) in [5.74, 6) is -0.668. The maximum absolute atomic E-state index is 13.1. The van der Waals surface area contributed by atoms with Gasteiger partial charge in [0, 0.05) is 12.7 Å². The van der Waals surface area contributed by atoms with Gasteiger partial charge in [-0.05, 0) is 25.0 Å². The van der Waals surface area contributed by atoms with Crippen LogP contribution < -0.4 is 9.46 Å². The van der Waals surface area contributed by atoms with E-state index >= 15 is 0 Å². The highest BCUT2D eigenvalue weighted by atomic mass is 32.2. The lowest BCUT2D eigenvalue weighted by molar-refractivity contribution is 0.287. The molecule has 5 nitrogen and oxygen atoms in total. The highest BCUT2D eigenvalue weighted by Crippen LogP contribution is 2.22. The standard InChI is InChI=1S/C11H16FNO4S/c1-17-11-8-9(4-5-10(11)12)13-18(15,16)7-3-2-6-14/h4-5,8,13-14H,2-3,6-7H2,1H3. The lowest BCUT2D eigenvalue weighted by Gasteiger charge is -2.09. The number of halogens is 1. The van der Waals surface area contributed by atoms with Crippen molar-refractivity contribution >= 4 is 15.7 Å². The molecule has 0 unspecified atom stereocenters. The van der Waals surface area contributed by atoms with Gasteiger partial charge in [0.25, 0.3) is 0 Å². The Morgan fingerprint density at radius 3 is 2.72 bits per heavy atom. The molecule has 0 amide bonds. The molecule has 0 heterocycles. The summed E-state index contributed by atoms with van der Waals surface area (Å²) in [7, 11) is -2.18. The SMILES string of the molecule is COc1cc(NS(=O)(=O)CCCCO)ccc1F. The van der Waals surface area contributed by atoms with E-state index in [1.165, 1.54) is 19.2 Å². The van der Waals surface area contributed by atoms with Crippen LogP contribution in [0, 0.1) is 5.82 Å². The van der Waals surface area contributed by atoms with Crippen molar-refractivity contribution in [2.75, 3.05) is 24.2 Å². The number of ether oxygens (including phenoxy) is 1. The van der Waals surface area contributed by atoms with E-state index in [-0.39, 0.29) is 23.8 Å². The smallest absolute Gasteiger partial charge is 0.232 e. The first kappa shape index (κ1) is 14.7. The van der Waals surface area contributed by atoms with Crippen molar-refractivity contribution in [3.63, 3.8) is 0 Å². The summed E-state index contributed by atoms with van der Waals surface area (Å²) in [4.78, 5) is 0. The van der Waals surface area contributed by atoms with Gasteiger partial charge in [-0.15, -0.1) is 0 Å². The van der Waals surface area contributed by atoms with E-state index in [9.17, 15) is 12.8 Å². The molecule has 1 aromatic rings. The van der Waals surface area contributed by atoms with Crippen LogP contribution in [0.5, 0.6) is 5.75 Å². The topological polar surface area (TPSA) is 75.6 Å². The second-order valence-electron chi connectivity index (χ2n) is 3.70. The molecule has 0 saturated heterocycles. The summed E-state index contributed by atoms with van der Waals surface area (Å²) in [6, 6.07) is 3.73. The molecule has 0 bridgehead atoms. The van der Waals surface area contributed by atoms with Crippen LogP contribution in [0.2, 0.25) is 0 Å². The lowest BCUT2D eigenvalue weighted by Crippen LogP contribution is -2.17. The molecular formula is C11H16FNO4S. The van der Waals surface area contributed by atoms with Crippen LogP contribution in [0.15, 0.2) is 18.2 Å². The molecular weight excluding hydrogens is 261 g/mol. The van der Waals surface area contributed by atoms with Gasteiger partial charge in [0.15, 0.2) is 11.6 Å². The quantitative estimate of drug-likeness (QED) is 0.738. The number of hydrogen-bond acceptors (Lipinski definition) is 4. The van der Waals surface area contributed by atoms with Gasteiger partial charge in [0.1, 0.15) is 0 Å². The van der Waals surface area contributed by atoms with Crippen molar-refractivity contribution < 1.29 is 22.7 Å². The monoisotopic (exact) mass is 277 g/mol. The zero-order valence-corrected chi connectivity index (χ0v) is 10.8. The minimum Gasteiger partial charge on any atom is -0.494 e. The van der Waals surface area contributed by atoms with E-state index in [2.05, 4.69) is 4.72 Å². The van der Waals surface area contributed by atoms with Crippen LogP contribution in [0.4, 0.5) is 10.1 Å². The van der Waals surface area contributed by atoms with Gasteiger partial charge in [0.05, 0.1) is 18.6 Å². The van der Waals surface area contributed by atoms with Gasteiger partial charge in [-0.2, -0.15) is 0 Å². The van der Waals surface area contributed by atoms with Crippen LogP contribution in [-0.2, 0) is 10.0 Å². The van der Waals surface area contributed by atoms with E-state index in [1.807, 2.05) is 0 Å². The van der Waals surface area contributed by atoms with Crippen molar-refractivity contribution in [2.45, 2.75) is 12.8 Å². The molecule has 0 aliphatic carbocycles. The van der Waals surface area contributed by atoms with Gasteiger partial charge in [-0.3, -0.25) is 4.72 Å². The molecule has 0 atom stereocenters. The lowest BCUT2D eigenvalue weighted by atomic mass is 10.3. The molecule has 0 radical (unpaired) electrons. The Hall–Kier alpha value is -1.34. The Bertz CT molecular complexity index is 490. The molecule has 2 N–H and O–H groups in total. The normalized spacial score (nSPS) is 11.3. The van der Waals surface area contributed by atoms with Crippen LogP contribution in [0.1, 0.15) is 12.8 Å². The summed E-state index contributed by atoms with van der Waals surface area (Å²) >= 11 is 0. The molecule has 0 aliphatic heterocycles. The zero-order valence-electron chi connectivity index (χ0n) is 10.0. The Labute approximate surface area is 106 Å². The first-order valence-electron chi connectivity index (χ1n) is 5.43. The second-order valence-corrected chi connectivity index (χ2v) is 5.54. The number of benzene rings is 1. The summed E-state index contributed by atoms with van der Waals surface area (Å²) in [5.41, 5.74) is 0.247. The van der Waals surface area contributed by atoms with Crippen molar-refractivity contribution in [1.29, 1.82) is 0 Å². The van der Waals surface area contributed by atoms with Gasteiger partial charge in [-0.25, -0.2) is 12.8 Å². The summed E-state index contributed by atoms with van der Waals surface area (Å²) in [5, 5.41) is 8.58. The molecule has 102 valence electrons. The zero-order chi connectivity index (χ0) is 13.6. The average Bonchev–Trinajstić information content (AvgIpc) is 2.31. The number of sulfonamides is 1. The number of unbranched alkanes of at least 4 members (excludes halogenated alkanes) is 1. The highest BCUT2D eigenvalue weighted by Gasteiger charge is 2.11. The number of rotatable bonds is 7. The van der Waals surface area contributed by atoms with Crippen LogP contribution >= 0.6 is 0 Å². The fourth-order valence-electron chi connectivity index (χ4n) is 1.36.